The van der Waals surface area contributed by atoms with Gasteiger partial charge in [-0.05, 0) is 32.5 Å². The maximum absolute atomic E-state index is 6.30. The molecule has 0 radical (unpaired) electrons. The van der Waals surface area contributed by atoms with E-state index in [1.165, 1.54) is 5.56 Å². The second kappa shape index (κ2) is 4.44. The van der Waals surface area contributed by atoms with Crippen LogP contribution in [0.5, 0.6) is 0 Å². The van der Waals surface area contributed by atoms with Crippen molar-refractivity contribution in [2.24, 2.45) is 0 Å². The summed E-state index contributed by atoms with van der Waals surface area (Å²) in [6.45, 7) is 4.97. The average Bonchev–Trinajstić information content (AvgIpc) is 2.58. The molecule has 3 nitrogen and oxygen atoms in total. The first-order valence-corrected chi connectivity index (χ1v) is 5.83. The molecule has 1 aromatic heterocycles. The minimum atomic E-state index is 0.280. The van der Waals surface area contributed by atoms with Crippen LogP contribution in [0.15, 0.2) is 18.2 Å². The van der Waals surface area contributed by atoms with Gasteiger partial charge in [0, 0.05) is 18.0 Å². The second-order valence-corrected chi connectivity index (χ2v) is 4.53. The quantitative estimate of drug-likeness (QED) is 0.890. The molecule has 0 saturated carbocycles. The zero-order chi connectivity index (χ0) is 11.7. The van der Waals surface area contributed by atoms with Gasteiger partial charge in [0.15, 0.2) is 0 Å². The van der Waals surface area contributed by atoms with Crippen molar-refractivity contribution in [3.63, 3.8) is 0 Å². The summed E-state index contributed by atoms with van der Waals surface area (Å²) < 4.78 is 1.87. The zero-order valence-corrected chi connectivity index (χ0v) is 10.5. The summed E-state index contributed by atoms with van der Waals surface area (Å²) in [5.41, 5.74) is 2.18. The Bertz CT molecular complexity index is 502. The standard InChI is InChI=1S/C12H16ClN3/c1-8(2)16-12(13)10-6-4-5-9(7-14-3)11(10)15-16/h4-6,8,14H,7H2,1-3H3. The number of nitrogens with one attached hydrogen (secondary N) is 1. The molecule has 1 N–H and O–H groups in total. The average molecular weight is 238 g/mol. The summed E-state index contributed by atoms with van der Waals surface area (Å²) >= 11 is 6.30. The van der Waals surface area contributed by atoms with E-state index in [0.29, 0.717) is 0 Å². The van der Waals surface area contributed by atoms with E-state index < -0.39 is 0 Å². The van der Waals surface area contributed by atoms with Gasteiger partial charge < -0.3 is 5.32 Å². The van der Waals surface area contributed by atoms with Crippen molar-refractivity contribution in [3.05, 3.63) is 28.9 Å². The number of hydrogen-bond donors (Lipinski definition) is 1. The van der Waals surface area contributed by atoms with Gasteiger partial charge in [0.1, 0.15) is 5.15 Å². The normalized spacial score (nSPS) is 11.6. The molecule has 2 aromatic rings. The van der Waals surface area contributed by atoms with Crippen LogP contribution in [0.2, 0.25) is 5.15 Å². The Morgan fingerprint density at radius 2 is 2.19 bits per heavy atom. The van der Waals surface area contributed by atoms with E-state index in [0.717, 1.165) is 22.6 Å². The van der Waals surface area contributed by atoms with Gasteiger partial charge in [0.25, 0.3) is 0 Å². The Labute approximate surface area is 100 Å². The van der Waals surface area contributed by atoms with Gasteiger partial charge in [0.05, 0.1) is 5.52 Å². The van der Waals surface area contributed by atoms with Crippen LogP contribution < -0.4 is 5.32 Å². The van der Waals surface area contributed by atoms with E-state index in [-0.39, 0.29) is 6.04 Å². The molecule has 0 fully saturated rings. The summed E-state index contributed by atoms with van der Waals surface area (Å²) in [5, 5.41) is 9.47. The molecule has 86 valence electrons. The summed E-state index contributed by atoms with van der Waals surface area (Å²) in [4.78, 5) is 0. The SMILES string of the molecule is CNCc1cccc2c(Cl)n(C(C)C)nc12. The van der Waals surface area contributed by atoms with Gasteiger partial charge in [-0.1, -0.05) is 23.7 Å². The molecule has 0 spiro atoms. The Kier molecular flexibility index (Phi) is 3.17. The van der Waals surface area contributed by atoms with E-state index in [1.807, 2.05) is 23.9 Å². The Balaban J connectivity index is 2.65. The maximum atomic E-state index is 6.30. The van der Waals surface area contributed by atoms with Gasteiger partial charge in [-0.2, -0.15) is 5.10 Å². The summed E-state index contributed by atoms with van der Waals surface area (Å²) in [6, 6.07) is 6.39. The van der Waals surface area contributed by atoms with Crippen LogP contribution in [-0.2, 0) is 6.54 Å². The fourth-order valence-corrected chi connectivity index (χ4v) is 2.21. The molecule has 4 heteroatoms. The monoisotopic (exact) mass is 237 g/mol. The smallest absolute Gasteiger partial charge is 0.135 e. The highest BCUT2D eigenvalue weighted by atomic mass is 35.5. The minimum absolute atomic E-state index is 0.280. The Morgan fingerprint density at radius 1 is 1.44 bits per heavy atom. The summed E-state index contributed by atoms with van der Waals surface area (Å²) in [7, 11) is 1.93. The lowest BCUT2D eigenvalue weighted by molar-refractivity contribution is 0.538. The van der Waals surface area contributed by atoms with Gasteiger partial charge >= 0.3 is 0 Å². The number of nitrogens with zero attached hydrogens (tertiary/aromatic N) is 2. The van der Waals surface area contributed by atoms with Crippen molar-refractivity contribution in [3.8, 4) is 0 Å². The number of hydrogen-bond acceptors (Lipinski definition) is 2. The minimum Gasteiger partial charge on any atom is -0.316 e. The maximum Gasteiger partial charge on any atom is 0.135 e. The van der Waals surface area contributed by atoms with Crippen molar-refractivity contribution in [2.45, 2.75) is 26.4 Å². The third kappa shape index (κ3) is 1.81. The predicted molar refractivity (Wildman–Crippen MR) is 67.9 cm³/mol. The summed E-state index contributed by atoms with van der Waals surface area (Å²) in [5.74, 6) is 0. The van der Waals surface area contributed by atoms with Gasteiger partial charge in [-0.3, -0.25) is 4.68 Å². The van der Waals surface area contributed by atoms with Gasteiger partial charge in [-0.25, -0.2) is 0 Å². The number of benzene rings is 1. The lowest BCUT2D eigenvalue weighted by atomic mass is 10.1. The van der Waals surface area contributed by atoms with Gasteiger partial charge in [-0.15, -0.1) is 0 Å². The fraction of sp³-hybridized carbons (Fsp3) is 0.417. The predicted octanol–water partition coefficient (Wildman–Crippen LogP) is 2.99. The van der Waals surface area contributed by atoms with Crippen LogP contribution in [0, 0.1) is 0 Å². The largest absolute Gasteiger partial charge is 0.316 e. The Hall–Kier alpha value is -1.06. The van der Waals surface area contributed by atoms with E-state index in [4.69, 9.17) is 11.6 Å². The molecule has 2 rings (SSSR count). The first-order valence-electron chi connectivity index (χ1n) is 5.45. The van der Waals surface area contributed by atoms with E-state index >= 15 is 0 Å². The molecule has 0 aliphatic rings. The molecule has 0 aliphatic heterocycles. The molecule has 0 aliphatic carbocycles. The number of halogens is 1. The second-order valence-electron chi connectivity index (χ2n) is 4.17. The van der Waals surface area contributed by atoms with E-state index in [2.05, 4.69) is 30.3 Å². The van der Waals surface area contributed by atoms with Gasteiger partial charge in [0.2, 0.25) is 0 Å². The molecule has 0 saturated heterocycles. The van der Waals surface area contributed by atoms with Crippen molar-refractivity contribution in [1.29, 1.82) is 0 Å². The number of fused-ring (bicyclic) bond motifs is 1. The van der Waals surface area contributed by atoms with Crippen LogP contribution in [-0.4, -0.2) is 16.8 Å². The van der Waals surface area contributed by atoms with Crippen molar-refractivity contribution in [2.75, 3.05) is 7.05 Å². The first kappa shape index (κ1) is 11.4. The van der Waals surface area contributed by atoms with Crippen LogP contribution >= 0.6 is 11.6 Å². The zero-order valence-electron chi connectivity index (χ0n) is 9.79. The highest BCUT2D eigenvalue weighted by molar-refractivity contribution is 6.34. The van der Waals surface area contributed by atoms with E-state index in [9.17, 15) is 0 Å². The van der Waals surface area contributed by atoms with Crippen LogP contribution in [0.25, 0.3) is 10.9 Å². The highest BCUT2D eigenvalue weighted by Gasteiger charge is 2.13. The third-order valence-electron chi connectivity index (χ3n) is 2.61. The lowest BCUT2D eigenvalue weighted by Crippen LogP contribution is -2.06. The first-order chi connectivity index (χ1) is 7.65. The fourth-order valence-electron chi connectivity index (χ4n) is 1.83. The molecule has 0 amide bonds. The molecule has 0 bridgehead atoms. The molecule has 1 aromatic carbocycles. The van der Waals surface area contributed by atoms with Crippen molar-refractivity contribution >= 4 is 22.5 Å². The number of rotatable bonds is 3. The lowest BCUT2D eigenvalue weighted by Gasteiger charge is -2.05. The molecular weight excluding hydrogens is 222 g/mol. The molecule has 16 heavy (non-hydrogen) atoms. The van der Waals surface area contributed by atoms with E-state index in [1.54, 1.807) is 0 Å². The van der Waals surface area contributed by atoms with Crippen LogP contribution in [0.1, 0.15) is 25.5 Å². The summed E-state index contributed by atoms with van der Waals surface area (Å²) in [6.07, 6.45) is 0. The topological polar surface area (TPSA) is 29.9 Å². The molecule has 0 unspecified atom stereocenters. The number of aromatic nitrogens is 2. The third-order valence-corrected chi connectivity index (χ3v) is 2.98. The van der Waals surface area contributed by atoms with Crippen molar-refractivity contribution in [1.82, 2.24) is 15.1 Å². The molecule has 1 heterocycles. The molecular formula is C12H16ClN3. The highest BCUT2D eigenvalue weighted by Crippen LogP contribution is 2.27. The van der Waals surface area contributed by atoms with Crippen molar-refractivity contribution < 1.29 is 0 Å². The van der Waals surface area contributed by atoms with Crippen LogP contribution in [0.4, 0.5) is 0 Å². The Morgan fingerprint density at radius 3 is 2.81 bits per heavy atom. The van der Waals surface area contributed by atoms with Crippen LogP contribution in [0.3, 0.4) is 0 Å². The molecule has 0 atom stereocenters.